The van der Waals surface area contributed by atoms with Gasteiger partial charge in [-0.1, -0.05) is 51.9 Å². The van der Waals surface area contributed by atoms with Gasteiger partial charge >= 0.3 is 11.4 Å². The number of esters is 1. The Kier molecular flexibility index (Phi) is 9.41. The molecular formula is C12H21ClF2O2. The van der Waals surface area contributed by atoms with Crippen LogP contribution in [0.3, 0.4) is 0 Å². The van der Waals surface area contributed by atoms with Gasteiger partial charge in [0.1, 0.15) is 0 Å². The predicted molar refractivity (Wildman–Crippen MR) is 64.4 cm³/mol. The molecule has 0 aliphatic heterocycles. The Hall–Kier alpha value is -0.380. The van der Waals surface area contributed by atoms with Crippen LogP contribution in [0.25, 0.3) is 0 Å². The third-order valence-electron chi connectivity index (χ3n) is 2.46. The van der Waals surface area contributed by atoms with Gasteiger partial charge < -0.3 is 4.74 Å². The first-order valence-corrected chi connectivity index (χ1v) is 6.60. The monoisotopic (exact) mass is 270 g/mol. The van der Waals surface area contributed by atoms with Crippen LogP contribution in [-0.4, -0.2) is 18.0 Å². The Morgan fingerprint density at radius 1 is 1.06 bits per heavy atom. The summed E-state index contributed by atoms with van der Waals surface area (Å²) in [5.74, 6) is -1.65. The standard InChI is InChI=1S/C12H21ClF2O2/c1-2-3-4-5-6-7-8-9-10-17-11(16)12(13,14)15/h2-10H2,1H3. The van der Waals surface area contributed by atoms with Crippen molar-refractivity contribution in [2.24, 2.45) is 0 Å². The Balaban J connectivity index is 3.22. The van der Waals surface area contributed by atoms with E-state index in [-0.39, 0.29) is 6.61 Å². The van der Waals surface area contributed by atoms with Crippen molar-refractivity contribution in [1.29, 1.82) is 0 Å². The van der Waals surface area contributed by atoms with Crippen molar-refractivity contribution in [2.75, 3.05) is 6.61 Å². The minimum Gasteiger partial charge on any atom is -0.460 e. The van der Waals surface area contributed by atoms with Gasteiger partial charge in [-0.05, 0) is 18.0 Å². The molecule has 0 aromatic carbocycles. The minimum absolute atomic E-state index is 0.0239. The third kappa shape index (κ3) is 10.5. The first kappa shape index (κ1) is 16.6. The molecule has 0 unspecified atom stereocenters. The zero-order valence-corrected chi connectivity index (χ0v) is 11.1. The van der Waals surface area contributed by atoms with E-state index < -0.39 is 11.4 Å². The lowest BCUT2D eigenvalue weighted by molar-refractivity contribution is -0.161. The van der Waals surface area contributed by atoms with Gasteiger partial charge in [0.2, 0.25) is 0 Å². The summed E-state index contributed by atoms with van der Waals surface area (Å²) in [6.07, 6.45) is 8.68. The molecule has 0 spiro atoms. The average molecular weight is 271 g/mol. The number of carbonyl (C=O) groups is 1. The van der Waals surface area contributed by atoms with Gasteiger partial charge in [-0.15, -0.1) is 0 Å². The molecular weight excluding hydrogens is 250 g/mol. The second-order valence-corrected chi connectivity index (χ2v) is 4.58. The molecule has 0 radical (unpaired) electrons. The van der Waals surface area contributed by atoms with E-state index in [4.69, 9.17) is 0 Å². The van der Waals surface area contributed by atoms with Crippen molar-refractivity contribution in [1.82, 2.24) is 0 Å². The SMILES string of the molecule is CCCCCCCCCCOC(=O)C(F)(F)Cl. The summed E-state index contributed by atoms with van der Waals surface area (Å²) in [5.41, 5.74) is 0. The van der Waals surface area contributed by atoms with Gasteiger partial charge in [-0.25, -0.2) is 4.79 Å². The second-order valence-electron chi connectivity index (χ2n) is 4.11. The van der Waals surface area contributed by atoms with Gasteiger partial charge in [0.25, 0.3) is 0 Å². The summed E-state index contributed by atoms with van der Waals surface area (Å²) in [7, 11) is 0. The lowest BCUT2D eigenvalue weighted by atomic mass is 10.1. The van der Waals surface area contributed by atoms with E-state index in [2.05, 4.69) is 23.3 Å². The van der Waals surface area contributed by atoms with E-state index in [1.807, 2.05) is 0 Å². The maximum atomic E-state index is 12.2. The van der Waals surface area contributed by atoms with Crippen molar-refractivity contribution in [3.8, 4) is 0 Å². The van der Waals surface area contributed by atoms with E-state index in [0.29, 0.717) is 6.42 Å². The van der Waals surface area contributed by atoms with E-state index in [0.717, 1.165) is 19.3 Å². The van der Waals surface area contributed by atoms with E-state index in [1.165, 1.54) is 25.7 Å². The van der Waals surface area contributed by atoms with Crippen LogP contribution >= 0.6 is 11.6 Å². The molecule has 0 amide bonds. The number of ether oxygens (including phenoxy) is 1. The van der Waals surface area contributed by atoms with Crippen molar-refractivity contribution in [3.05, 3.63) is 0 Å². The van der Waals surface area contributed by atoms with Crippen LogP contribution in [-0.2, 0) is 9.53 Å². The van der Waals surface area contributed by atoms with Crippen LogP contribution < -0.4 is 0 Å². The van der Waals surface area contributed by atoms with E-state index in [1.54, 1.807) is 0 Å². The molecule has 2 nitrogen and oxygen atoms in total. The first-order valence-electron chi connectivity index (χ1n) is 6.22. The van der Waals surface area contributed by atoms with Gasteiger partial charge in [0.15, 0.2) is 0 Å². The predicted octanol–water partition coefficient (Wildman–Crippen LogP) is 4.50. The van der Waals surface area contributed by atoms with Crippen LogP contribution in [0.5, 0.6) is 0 Å². The molecule has 5 heteroatoms. The fourth-order valence-corrected chi connectivity index (χ4v) is 1.54. The van der Waals surface area contributed by atoms with Crippen molar-refractivity contribution in [3.63, 3.8) is 0 Å². The highest BCUT2D eigenvalue weighted by molar-refractivity contribution is 6.31. The minimum atomic E-state index is -3.89. The number of halogens is 3. The number of carbonyl (C=O) groups excluding carboxylic acids is 1. The molecule has 0 saturated heterocycles. The molecule has 0 aromatic rings. The summed E-state index contributed by atoms with van der Waals surface area (Å²) in [6.45, 7) is 2.19. The number of rotatable bonds is 10. The summed E-state index contributed by atoms with van der Waals surface area (Å²) >= 11 is 4.49. The zero-order chi connectivity index (χ0) is 13.1. The summed E-state index contributed by atoms with van der Waals surface area (Å²) in [6, 6.07) is 0. The summed E-state index contributed by atoms with van der Waals surface area (Å²) < 4.78 is 28.6. The Bertz CT molecular complexity index is 205. The number of hydrogen-bond acceptors (Lipinski definition) is 2. The molecule has 0 N–H and O–H groups in total. The zero-order valence-electron chi connectivity index (χ0n) is 10.3. The van der Waals surface area contributed by atoms with Crippen molar-refractivity contribution < 1.29 is 18.3 Å². The summed E-state index contributed by atoms with van der Waals surface area (Å²) in [5, 5.41) is -3.89. The Labute approximate surface area is 107 Å². The quantitative estimate of drug-likeness (QED) is 0.332. The Morgan fingerprint density at radius 3 is 2.00 bits per heavy atom. The number of hydrogen-bond donors (Lipinski definition) is 0. The average Bonchev–Trinajstić information content (AvgIpc) is 2.25. The highest BCUT2D eigenvalue weighted by Gasteiger charge is 2.37. The van der Waals surface area contributed by atoms with Crippen LogP contribution in [0.4, 0.5) is 8.78 Å². The molecule has 0 fully saturated rings. The molecule has 17 heavy (non-hydrogen) atoms. The van der Waals surface area contributed by atoms with Gasteiger partial charge in [0, 0.05) is 0 Å². The lowest BCUT2D eigenvalue weighted by Crippen LogP contribution is -2.24. The molecule has 102 valence electrons. The van der Waals surface area contributed by atoms with Gasteiger partial charge in [0.05, 0.1) is 6.61 Å². The number of alkyl halides is 3. The molecule has 0 aliphatic carbocycles. The molecule has 0 aliphatic rings. The highest BCUT2D eigenvalue weighted by atomic mass is 35.5. The molecule has 0 heterocycles. The van der Waals surface area contributed by atoms with E-state index >= 15 is 0 Å². The lowest BCUT2D eigenvalue weighted by Gasteiger charge is -2.07. The summed E-state index contributed by atoms with van der Waals surface area (Å²) in [4.78, 5) is 10.6. The first-order chi connectivity index (χ1) is 7.98. The van der Waals surface area contributed by atoms with Gasteiger partial charge in [-0.2, -0.15) is 8.78 Å². The van der Waals surface area contributed by atoms with Crippen LogP contribution in [0.2, 0.25) is 0 Å². The Morgan fingerprint density at radius 2 is 1.53 bits per heavy atom. The fourth-order valence-electron chi connectivity index (χ4n) is 1.48. The van der Waals surface area contributed by atoms with Crippen molar-refractivity contribution in [2.45, 2.75) is 63.7 Å². The maximum absolute atomic E-state index is 12.2. The van der Waals surface area contributed by atoms with Gasteiger partial charge in [-0.3, -0.25) is 0 Å². The highest BCUT2D eigenvalue weighted by Crippen LogP contribution is 2.20. The molecule has 0 aromatic heterocycles. The van der Waals surface area contributed by atoms with E-state index in [9.17, 15) is 13.6 Å². The third-order valence-corrected chi connectivity index (χ3v) is 2.62. The van der Waals surface area contributed by atoms with Crippen LogP contribution in [0, 0.1) is 0 Å². The topological polar surface area (TPSA) is 26.3 Å². The smallest absolute Gasteiger partial charge is 0.417 e. The van der Waals surface area contributed by atoms with Crippen LogP contribution in [0.1, 0.15) is 58.3 Å². The molecule has 0 saturated carbocycles. The van der Waals surface area contributed by atoms with Crippen molar-refractivity contribution >= 4 is 17.6 Å². The number of unbranched alkanes of at least 4 members (excludes halogenated alkanes) is 7. The fraction of sp³-hybridized carbons (Fsp3) is 0.917. The molecule has 0 bridgehead atoms. The molecule has 0 atom stereocenters. The normalized spacial score (nSPS) is 11.5. The largest absolute Gasteiger partial charge is 0.460 e. The molecule has 0 rings (SSSR count). The van der Waals surface area contributed by atoms with Crippen LogP contribution in [0.15, 0.2) is 0 Å². The second kappa shape index (κ2) is 9.63. The maximum Gasteiger partial charge on any atom is 0.417 e.